The van der Waals surface area contributed by atoms with Crippen LogP contribution in [0.15, 0.2) is 59.8 Å². The summed E-state index contributed by atoms with van der Waals surface area (Å²) in [7, 11) is 0. The number of nitrogens with one attached hydrogen (secondary N) is 1. The molecule has 0 spiro atoms. The molecule has 0 radical (unpaired) electrons. The SMILES string of the molecule is CCOc1cc([C@@H]2NC(=S)N(N)C(C)=C2C(C)=O)ccc1OCc1ccccc1. The highest BCUT2D eigenvalue weighted by Crippen LogP contribution is 2.36. The number of carbonyl (C=O) groups excluding carboxylic acids is 1. The Hall–Kier alpha value is -2.90. The van der Waals surface area contributed by atoms with Gasteiger partial charge in [0.2, 0.25) is 0 Å². The molecule has 2 aromatic carbocycles. The number of thiocarbonyl (C=S) groups is 1. The first-order chi connectivity index (χ1) is 13.9. The summed E-state index contributed by atoms with van der Waals surface area (Å²) in [6, 6.07) is 15.2. The number of hydrogen-bond acceptors (Lipinski definition) is 5. The highest BCUT2D eigenvalue weighted by molar-refractivity contribution is 7.80. The van der Waals surface area contributed by atoms with Gasteiger partial charge in [0, 0.05) is 11.3 Å². The van der Waals surface area contributed by atoms with Crippen molar-refractivity contribution in [3.63, 3.8) is 0 Å². The number of rotatable bonds is 7. The largest absolute Gasteiger partial charge is 0.490 e. The number of ether oxygens (including phenoxy) is 2. The predicted octanol–water partition coefficient (Wildman–Crippen LogP) is 3.63. The van der Waals surface area contributed by atoms with E-state index < -0.39 is 6.04 Å². The Morgan fingerprint density at radius 2 is 1.90 bits per heavy atom. The topological polar surface area (TPSA) is 76.8 Å². The molecule has 3 N–H and O–H groups in total. The summed E-state index contributed by atoms with van der Waals surface area (Å²) in [5.41, 5.74) is 3.12. The number of benzene rings is 2. The van der Waals surface area contributed by atoms with E-state index in [4.69, 9.17) is 27.5 Å². The van der Waals surface area contributed by atoms with Crippen molar-refractivity contribution in [2.45, 2.75) is 33.4 Å². The number of carbonyl (C=O) groups is 1. The summed E-state index contributed by atoms with van der Waals surface area (Å²) in [6.45, 7) is 6.16. The molecule has 2 aromatic rings. The molecule has 152 valence electrons. The van der Waals surface area contributed by atoms with Gasteiger partial charge in [0.1, 0.15) is 6.61 Å². The Balaban J connectivity index is 1.92. The first-order valence-corrected chi connectivity index (χ1v) is 9.83. The second-order valence-electron chi connectivity index (χ2n) is 6.72. The Kier molecular flexibility index (Phi) is 6.51. The standard InChI is InChI=1S/C22H25N3O3S/c1-4-27-19-12-17(10-11-18(19)28-13-16-8-6-5-7-9-16)21-20(15(3)26)14(2)25(23)22(29)24-21/h5-12,21H,4,13,23H2,1-3H3,(H,24,29)/t21-/m0/s1. The zero-order valence-electron chi connectivity index (χ0n) is 16.8. The quantitative estimate of drug-likeness (QED) is 0.532. The molecule has 3 rings (SSSR count). The van der Waals surface area contributed by atoms with Crippen LogP contribution in [0.25, 0.3) is 0 Å². The third-order valence-electron chi connectivity index (χ3n) is 4.74. The lowest BCUT2D eigenvalue weighted by Gasteiger charge is -2.35. The monoisotopic (exact) mass is 411 g/mol. The summed E-state index contributed by atoms with van der Waals surface area (Å²) >= 11 is 5.32. The summed E-state index contributed by atoms with van der Waals surface area (Å²) < 4.78 is 11.8. The zero-order chi connectivity index (χ0) is 21.0. The van der Waals surface area contributed by atoms with E-state index in [2.05, 4.69) is 5.32 Å². The molecule has 7 heteroatoms. The molecule has 1 atom stereocenters. The van der Waals surface area contributed by atoms with Crippen LogP contribution in [-0.4, -0.2) is 22.5 Å². The fourth-order valence-electron chi connectivity index (χ4n) is 3.29. The van der Waals surface area contributed by atoms with E-state index in [1.807, 2.05) is 55.5 Å². The van der Waals surface area contributed by atoms with Gasteiger partial charge >= 0.3 is 0 Å². The van der Waals surface area contributed by atoms with Crippen LogP contribution in [0.4, 0.5) is 0 Å². The number of allylic oxidation sites excluding steroid dienone is 1. The van der Waals surface area contributed by atoms with Crippen molar-refractivity contribution in [2.24, 2.45) is 5.84 Å². The third kappa shape index (κ3) is 4.58. The number of hydrazine groups is 1. The fourth-order valence-corrected chi connectivity index (χ4v) is 3.55. The van der Waals surface area contributed by atoms with Crippen molar-refractivity contribution in [1.82, 2.24) is 10.3 Å². The number of hydrogen-bond donors (Lipinski definition) is 2. The molecule has 0 bridgehead atoms. The van der Waals surface area contributed by atoms with Gasteiger partial charge < -0.3 is 14.8 Å². The molecule has 0 aliphatic carbocycles. The second kappa shape index (κ2) is 9.07. The van der Waals surface area contributed by atoms with Crippen LogP contribution in [0.5, 0.6) is 11.5 Å². The van der Waals surface area contributed by atoms with Crippen LogP contribution in [0.1, 0.15) is 37.9 Å². The molecule has 1 aliphatic rings. The summed E-state index contributed by atoms with van der Waals surface area (Å²) in [5, 5.41) is 4.83. The minimum atomic E-state index is -0.401. The lowest BCUT2D eigenvalue weighted by molar-refractivity contribution is -0.114. The highest BCUT2D eigenvalue weighted by atomic mass is 32.1. The summed E-state index contributed by atoms with van der Waals surface area (Å²) in [6.07, 6.45) is 0. The maximum absolute atomic E-state index is 12.3. The molecule has 0 amide bonds. The van der Waals surface area contributed by atoms with Gasteiger partial charge in [-0.25, -0.2) is 5.84 Å². The van der Waals surface area contributed by atoms with Crippen LogP contribution in [0.3, 0.4) is 0 Å². The lowest BCUT2D eigenvalue weighted by atomic mass is 9.92. The summed E-state index contributed by atoms with van der Waals surface area (Å²) in [4.78, 5) is 12.3. The van der Waals surface area contributed by atoms with Crippen molar-refractivity contribution in [1.29, 1.82) is 0 Å². The summed E-state index contributed by atoms with van der Waals surface area (Å²) in [5.74, 6) is 7.15. The highest BCUT2D eigenvalue weighted by Gasteiger charge is 2.31. The first-order valence-electron chi connectivity index (χ1n) is 9.42. The van der Waals surface area contributed by atoms with E-state index in [-0.39, 0.29) is 5.78 Å². The molecule has 0 saturated heterocycles. The van der Waals surface area contributed by atoms with Crippen molar-refractivity contribution in [2.75, 3.05) is 6.61 Å². The van der Waals surface area contributed by atoms with Crippen molar-refractivity contribution < 1.29 is 14.3 Å². The average Bonchev–Trinajstić information content (AvgIpc) is 2.71. The molecule has 1 aliphatic heterocycles. The zero-order valence-corrected chi connectivity index (χ0v) is 17.6. The number of nitrogens with zero attached hydrogens (tertiary/aromatic N) is 1. The van der Waals surface area contributed by atoms with E-state index in [0.717, 1.165) is 11.1 Å². The van der Waals surface area contributed by atoms with E-state index in [9.17, 15) is 4.79 Å². The van der Waals surface area contributed by atoms with Gasteiger partial charge in [-0.05, 0) is 56.2 Å². The van der Waals surface area contributed by atoms with Gasteiger partial charge in [-0.3, -0.25) is 9.80 Å². The van der Waals surface area contributed by atoms with Crippen molar-refractivity contribution >= 4 is 23.1 Å². The second-order valence-corrected chi connectivity index (χ2v) is 7.11. The molecule has 6 nitrogen and oxygen atoms in total. The maximum Gasteiger partial charge on any atom is 0.188 e. The van der Waals surface area contributed by atoms with E-state index >= 15 is 0 Å². The van der Waals surface area contributed by atoms with Crippen LogP contribution >= 0.6 is 12.2 Å². The smallest absolute Gasteiger partial charge is 0.188 e. The molecule has 0 unspecified atom stereocenters. The molecule has 0 fully saturated rings. The predicted molar refractivity (Wildman–Crippen MR) is 116 cm³/mol. The molecular weight excluding hydrogens is 386 g/mol. The van der Waals surface area contributed by atoms with Gasteiger partial charge in [-0.15, -0.1) is 0 Å². The average molecular weight is 412 g/mol. The Morgan fingerprint density at radius 1 is 1.17 bits per heavy atom. The molecule has 0 saturated carbocycles. The van der Waals surface area contributed by atoms with Gasteiger partial charge in [0.25, 0.3) is 0 Å². The van der Waals surface area contributed by atoms with Crippen LogP contribution < -0.4 is 20.6 Å². The van der Waals surface area contributed by atoms with E-state index in [1.54, 1.807) is 6.92 Å². The van der Waals surface area contributed by atoms with E-state index in [1.165, 1.54) is 11.9 Å². The Bertz CT molecular complexity index is 944. The van der Waals surface area contributed by atoms with Gasteiger partial charge in [-0.1, -0.05) is 36.4 Å². The van der Waals surface area contributed by atoms with Crippen LogP contribution in [0.2, 0.25) is 0 Å². The molecule has 0 aromatic heterocycles. The van der Waals surface area contributed by atoms with Gasteiger partial charge in [0.05, 0.1) is 12.6 Å². The third-order valence-corrected chi connectivity index (χ3v) is 5.06. The first kappa shape index (κ1) is 20.8. The number of ketones is 1. The number of Topliss-reactive ketones (excluding diaryl/α,β-unsaturated/α-hetero) is 1. The van der Waals surface area contributed by atoms with Crippen LogP contribution in [0, 0.1) is 0 Å². The van der Waals surface area contributed by atoms with Crippen molar-refractivity contribution in [3.05, 3.63) is 70.9 Å². The Labute approximate surface area is 176 Å². The van der Waals surface area contributed by atoms with Gasteiger partial charge in [0.15, 0.2) is 22.4 Å². The minimum Gasteiger partial charge on any atom is -0.490 e. The van der Waals surface area contributed by atoms with Crippen molar-refractivity contribution in [3.8, 4) is 11.5 Å². The minimum absolute atomic E-state index is 0.0692. The van der Waals surface area contributed by atoms with Gasteiger partial charge in [-0.2, -0.15) is 0 Å². The fraction of sp³-hybridized carbons (Fsp3) is 0.273. The van der Waals surface area contributed by atoms with E-state index in [0.29, 0.717) is 41.1 Å². The molecule has 1 heterocycles. The lowest BCUT2D eigenvalue weighted by Crippen LogP contribution is -2.50. The molecular formula is C22H25N3O3S. The molecule has 29 heavy (non-hydrogen) atoms. The maximum atomic E-state index is 12.3. The Morgan fingerprint density at radius 3 is 2.55 bits per heavy atom. The van der Waals surface area contributed by atoms with Crippen LogP contribution in [-0.2, 0) is 11.4 Å². The normalized spacial score (nSPS) is 16.5. The number of nitrogens with two attached hydrogens (primary N) is 1.